The number of carbonyl (C=O) groups is 1. The zero-order valence-electron chi connectivity index (χ0n) is 14.9. The van der Waals surface area contributed by atoms with E-state index in [2.05, 4.69) is 20.9 Å². The molecule has 0 spiro atoms. The molecular formula is C20H18BrNO4S. The fourth-order valence-corrected chi connectivity index (χ4v) is 3.65. The third-order valence-electron chi connectivity index (χ3n) is 3.83. The molecule has 0 aliphatic heterocycles. The number of ether oxygens (including phenoxy) is 3. The zero-order valence-corrected chi connectivity index (χ0v) is 17.3. The molecule has 1 aromatic heterocycles. The van der Waals surface area contributed by atoms with E-state index >= 15 is 0 Å². The molecule has 0 radical (unpaired) electrons. The van der Waals surface area contributed by atoms with Crippen LogP contribution in [-0.2, 0) is 22.6 Å². The highest BCUT2D eigenvalue weighted by Gasteiger charge is 2.12. The van der Waals surface area contributed by atoms with Crippen molar-refractivity contribution >= 4 is 33.2 Å². The molecule has 1 heterocycles. The lowest BCUT2D eigenvalue weighted by atomic mass is 10.1. The molecule has 5 nitrogen and oxygen atoms in total. The quantitative estimate of drug-likeness (QED) is 0.483. The zero-order chi connectivity index (χ0) is 19.2. The van der Waals surface area contributed by atoms with Crippen LogP contribution in [0.4, 0.5) is 0 Å². The molecule has 7 heteroatoms. The molecule has 3 aromatic rings. The fourth-order valence-electron chi connectivity index (χ4n) is 2.46. The number of esters is 1. The molecule has 0 fully saturated rings. The summed E-state index contributed by atoms with van der Waals surface area (Å²) in [5, 5.41) is 2.70. The minimum absolute atomic E-state index is 0.141. The molecule has 0 saturated heterocycles. The predicted octanol–water partition coefficient (Wildman–Crippen LogP) is 4.88. The van der Waals surface area contributed by atoms with Gasteiger partial charge in [-0.3, -0.25) is 4.79 Å². The van der Waals surface area contributed by atoms with Gasteiger partial charge in [-0.1, -0.05) is 28.1 Å². The lowest BCUT2D eigenvalue weighted by Crippen LogP contribution is -2.08. The van der Waals surface area contributed by atoms with E-state index in [9.17, 15) is 4.79 Å². The Bertz CT molecular complexity index is 924. The molecule has 2 aromatic carbocycles. The standard InChI is InChI=1S/C20H18BrNO4S/c1-24-16-6-3-13(4-7-16)9-19(23)26-11-15-12-27-20(22-15)17-10-14(21)5-8-18(17)25-2/h3-8,10,12H,9,11H2,1-2H3. The van der Waals surface area contributed by atoms with Gasteiger partial charge in [0, 0.05) is 9.85 Å². The summed E-state index contributed by atoms with van der Waals surface area (Å²) in [6, 6.07) is 13.1. The highest BCUT2D eigenvalue weighted by molar-refractivity contribution is 9.10. The normalized spacial score (nSPS) is 10.5. The van der Waals surface area contributed by atoms with Crippen molar-refractivity contribution in [3.8, 4) is 22.1 Å². The van der Waals surface area contributed by atoms with Crippen LogP contribution in [0.3, 0.4) is 0 Å². The molecule has 0 unspecified atom stereocenters. The van der Waals surface area contributed by atoms with Crippen LogP contribution in [0.2, 0.25) is 0 Å². The van der Waals surface area contributed by atoms with Crippen LogP contribution < -0.4 is 9.47 Å². The average Bonchev–Trinajstić information content (AvgIpc) is 3.16. The number of carbonyl (C=O) groups excluding carboxylic acids is 1. The van der Waals surface area contributed by atoms with Crippen molar-refractivity contribution in [1.82, 2.24) is 4.98 Å². The topological polar surface area (TPSA) is 57.7 Å². The van der Waals surface area contributed by atoms with Gasteiger partial charge in [0.1, 0.15) is 23.1 Å². The fraction of sp³-hybridized carbons (Fsp3) is 0.200. The number of halogens is 1. The Balaban J connectivity index is 1.61. The molecule has 0 aliphatic carbocycles. The molecule has 0 N–H and O–H groups in total. The molecule has 0 bridgehead atoms. The van der Waals surface area contributed by atoms with Crippen molar-refractivity contribution in [2.24, 2.45) is 0 Å². The Morgan fingerprint density at radius 3 is 2.59 bits per heavy atom. The minimum atomic E-state index is -0.297. The van der Waals surface area contributed by atoms with Crippen LogP contribution in [0.1, 0.15) is 11.3 Å². The monoisotopic (exact) mass is 447 g/mol. The maximum atomic E-state index is 12.1. The predicted molar refractivity (Wildman–Crippen MR) is 108 cm³/mol. The third-order valence-corrected chi connectivity index (χ3v) is 5.25. The molecule has 140 valence electrons. The van der Waals surface area contributed by atoms with Crippen LogP contribution >= 0.6 is 27.3 Å². The molecule has 0 amide bonds. The van der Waals surface area contributed by atoms with E-state index in [0.717, 1.165) is 32.1 Å². The Morgan fingerprint density at radius 1 is 1.11 bits per heavy atom. The van der Waals surface area contributed by atoms with E-state index in [-0.39, 0.29) is 19.0 Å². The van der Waals surface area contributed by atoms with Gasteiger partial charge >= 0.3 is 5.97 Å². The van der Waals surface area contributed by atoms with Gasteiger partial charge in [-0.25, -0.2) is 4.98 Å². The first-order chi connectivity index (χ1) is 13.1. The maximum Gasteiger partial charge on any atom is 0.310 e. The average molecular weight is 448 g/mol. The second-order valence-electron chi connectivity index (χ2n) is 5.67. The summed E-state index contributed by atoms with van der Waals surface area (Å²) in [4.78, 5) is 16.6. The van der Waals surface area contributed by atoms with Gasteiger partial charge in [-0.05, 0) is 35.9 Å². The number of rotatable bonds is 7. The number of thiazole rings is 1. The highest BCUT2D eigenvalue weighted by Crippen LogP contribution is 2.34. The van der Waals surface area contributed by atoms with E-state index in [4.69, 9.17) is 14.2 Å². The first-order valence-corrected chi connectivity index (χ1v) is 9.83. The van der Waals surface area contributed by atoms with E-state index < -0.39 is 0 Å². The Labute approximate surface area is 170 Å². The van der Waals surface area contributed by atoms with Gasteiger partial charge < -0.3 is 14.2 Å². The lowest BCUT2D eigenvalue weighted by molar-refractivity contribution is -0.144. The van der Waals surface area contributed by atoms with Gasteiger partial charge in [0.25, 0.3) is 0 Å². The number of methoxy groups -OCH3 is 2. The van der Waals surface area contributed by atoms with Crippen molar-refractivity contribution in [3.05, 3.63) is 63.6 Å². The number of aromatic nitrogens is 1. The van der Waals surface area contributed by atoms with Crippen LogP contribution in [0, 0.1) is 0 Å². The Kier molecular flexibility index (Phi) is 6.47. The molecule has 0 saturated carbocycles. The van der Waals surface area contributed by atoms with Crippen molar-refractivity contribution in [2.45, 2.75) is 13.0 Å². The van der Waals surface area contributed by atoms with E-state index in [1.165, 1.54) is 11.3 Å². The Morgan fingerprint density at radius 2 is 1.89 bits per heavy atom. The number of nitrogens with zero attached hydrogens (tertiary/aromatic N) is 1. The molecule has 0 aliphatic rings. The first kappa shape index (κ1) is 19.4. The van der Waals surface area contributed by atoms with Gasteiger partial charge in [0.05, 0.1) is 31.9 Å². The molecule has 3 rings (SSSR count). The summed E-state index contributed by atoms with van der Waals surface area (Å²) in [6.45, 7) is 0.141. The number of hydrogen-bond acceptors (Lipinski definition) is 6. The molecular weight excluding hydrogens is 430 g/mol. The number of hydrogen-bond donors (Lipinski definition) is 0. The largest absolute Gasteiger partial charge is 0.497 e. The van der Waals surface area contributed by atoms with Crippen LogP contribution in [0.15, 0.2) is 52.3 Å². The molecule has 27 heavy (non-hydrogen) atoms. The number of benzene rings is 2. The first-order valence-electron chi connectivity index (χ1n) is 8.16. The minimum Gasteiger partial charge on any atom is -0.497 e. The van der Waals surface area contributed by atoms with Gasteiger partial charge in [0.15, 0.2) is 0 Å². The molecule has 0 atom stereocenters. The van der Waals surface area contributed by atoms with Crippen molar-refractivity contribution in [2.75, 3.05) is 14.2 Å². The smallest absolute Gasteiger partial charge is 0.310 e. The third kappa shape index (κ3) is 5.08. The van der Waals surface area contributed by atoms with E-state index in [1.54, 1.807) is 14.2 Å². The van der Waals surface area contributed by atoms with Gasteiger partial charge in [-0.2, -0.15) is 0 Å². The van der Waals surface area contributed by atoms with Gasteiger partial charge in [0.2, 0.25) is 0 Å². The second kappa shape index (κ2) is 9.01. The van der Waals surface area contributed by atoms with Crippen LogP contribution in [0.5, 0.6) is 11.5 Å². The summed E-state index contributed by atoms with van der Waals surface area (Å²) >= 11 is 4.95. The maximum absolute atomic E-state index is 12.1. The van der Waals surface area contributed by atoms with Crippen molar-refractivity contribution in [3.63, 3.8) is 0 Å². The second-order valence-corrected chi connectivity index (χ2v) is 7.45. The van der Waals surface area contributed by atoms with Gasteiger partial charge in [-0.15, -0.1) is 11.3 Å². The summed E-state index contributed by atoms with van der Waals surface area (Å²) in [5.74, 6) is 1.20. The van der Waals surface area contributed by atoms with Crippen molar-refractivity contribution < 1.29 is 19.0 Å². The summed E-state index contributed by atoms with van der Waals surface area (Å²) in [6.07, 6.45) is 0.209. The van der Waals surface area contributed by atoms with Crippen LogP contribution in [-0.4, -0.2) is 25.2 Å². The van der Waals surface area contributed by atoms with Crippen molar-refractivity contribution in [1.29, 1.82) is 0 Å². The van der Waals surface area contributed by atoms with Crippen LogP contribution in [0.25, 0.3) is 10.6 Å². The SMILES string of the molecule is COc1ccc(CC(=O)OCc2csc(-c3cc(Br)ccc3OC)n2)cc1. The summed E-state index contributed by atoms with van der Waals surface area (Å²) in [7, 11) is 3.23. The lowest BCUT2D eigenvalue weighted by Gasteiger charge is -2.06. The summed E-state index contributed by atoms with van der Waals surface area (Å²) < 4.78 is 16.8. The Hall–Kier alpha value is -2.38. The highest BCUT2D eigenvalue weighted by atomic mass is 79.9. The van der Waals surface area contributed by atoms with E-state index in [0.29, 0.717) is 5.69 Å². The summed E-state index contributed by atoms with van der Waals surface area (Å²) in [5.41, 5.74) is 2.48. The van der Waals surface area contributed by atoms with E-state index in [1.807, 2.05) is 47.8 Å².